The molecule has 3 rings (SSSR count). The number of nitrogens with one attached hydrogen (secondary N) is 1. The van der Waals surface area contributed by atoms with Gasteiger partial charge in [0.2, 0.25) is 0 Å². The van der Waals surface area contributed by atoms with Gasteiger partial charge in [-0.25, -0.2) is 4.98 Å². The van der Waals surface area contributed by atoms with Crippen LogP contribution in [0.4, 0.5) is 5.82 Å². The molecule has 3 aromatic rings. The molecule has 1 aromatic heterocycles. The summed E-state index contributed by atoms with van der Waals surface area (Å²) < 4.78 is 16.5. The number of methoxy groups -OCH3 is 2. The van der Waals surface area contributed by atoms with Crippen molar-refractivity contribution in [2.24, 2.45) is 5.10 Å². The van der Waals surface area contributed by atoms with Crippen molar-refractivity contribution in [1.29, 1.82) is 5.26 Å². The minimum absolute atomic E-state index is 0.308. The summed E-state index contributed by atoms with van der Waals surface area (Å²) >= 11 is 12.0. The molecule has 0 bridgehead atoms. The first-order valence-electron chi connectivity index (χ1n) is 9.88. The molecule has 0 saturated heterocycles. The Morgan fingerprint density at radius 2 is 1.88 bits per heavy atom. The molecular formula is C24H22Cl2N4O3. The van der Waals surface area contributed by atoms with Gasteiger partial charge in [0, 0.05) is 18.4 Å². The van der Waals surface area contributed by atoms with Gasteiger partial charge in [-0.1, -0.05) is 29.3 Å². The summed E-state index contributed by atoms with van der Waals surface area (Å²) in [6.07, 6.45) is 1.60. The summed E-state index contributed by atoms with van der Waals surface area (Å²) in [6.45, 7) is 2.46. The van der Waals surface area contributed by atoms with Crippen molar-refractivity contribution in [3.8, 4) is 17.6 Å². The van der Waals surface area contributed by atoms with Gasteiger partial charge < -0.3 is 14.2 Å². The van der Waals surface area contributed by atoms with Crippen LogP contribution in [-0.2, 0) is 18.0 Å². The van der Waals surface area contributed by atoms with E-state index in [4.69, 9.17) is 37.4 Å². The van der Waals surface area contributed by atoms with Crippen LogP contribution >= 0.6 is 23.2 Å². The zero-order valence-electron chi connectivity index (χ0n) is 18.4. The smallest absolute Gasteiger partial charge is 0.164 e. The summed E-state index contributed by atoms with van der Waals surface area (Å²) in [7, 11) is 3.14. The van der Waals surface area contributed by atoms with E-state index in [9.17, 15) is 5.26 Å². The average molecular weight is 485 g/mol. The van der Waals surface area contributed by atoms with Crippen LogP contribution in [0, 0.1) is 18.3 Å². The van der Waals surface area contributed by atoms with Gasteiger partial charge in [-0.3, -0.25) is 5.43 Å². The predicted octanol–water partition coefficient (Wildman–Crippen LogP) is 5.75. The standard InChI is InChI=1S/C24H22Cl2N4O3/c1-15-8-18(14-31-2)19(11-27)24(29-15)30-28-12-16-5-7-22(23(10-16)32-3)33-13-17-4-6-20(25)21(26)9-17/h4-10,12H,13-14H2,1-3H3,(H,29,30)/b28-12-. The van der Waals surface area contributed by atoms with E-state index >= 15 is 0 Å². The Kier molecular flexibility index (Phi) is 8.50. The number of hydrogen-bond donors (Lipinski definition) is 1. The number of nitriles is 1. The highest BCUT2D eigenvalue weighted by Crippen LogP contribution is 2.29. The van der Waals surface area contributed by atoms with Gasteiger partial charge in [0.15, 0.2) is 17.3 Å². The van der Waals surface area contributed by atoms with Gasteiger partial charge in [-0.15, -0.1) is 0 Å². The van der Waals surface area contributed by atoms with Crippen LogP contribution in [0.2, 0.25) is 10.0 Å². The molecule has 7 nitrogen and oxygen atoms in total. The van der Waals surface area contributed by atoms with Gasteiger partial charge >= 0.3 is 0 Å². The first kappa shape index (κ1) is 24.3. The Balaban J connectivity index is 1.72. The van der Waals surface area contributed by atoms with Gasteiger partial charge in [0.25, 0.3) is 0 Å². The van der Waals surface area contributed by atoms with E-state index in [1.165, 1.54) is 0 Å². The molecule has 0 aliphatic carbocycles. The van der Waals surface area contributed by atoms with Crippen molar-refractivity contribution < 1.29 is 14.2 Å². The molecule has 2 aromatic carbocycles. The van der Waals surface area contributed by atoms with Gasteiger partial charge in [0.05, 0.1) is 30.0 Å². The SMILES string of the molecule is COCc1cc(C)nc(N/N=C\c2ccc(OCc3ccc(Cl)c(Cl)c3)c(OC)c2)c1C#N. The number of aromatic nitrogens is 1. The molecule has 0 amide bonds. The number of rotatable bonds is 9. The highest BCUT2D eigenvalue weighted by Gasteiger charge is 2.11. The van der Waals surface area contributed by atoms with Crippen molar-refractivity contribution >= 4 is 35.2 Å². The van der Waals surface area contributed by atoms with Crippen LogP contribution in [0.15, 0.2) is 47.6 Å². The van der Waals surface area contributed by atoms with Crippen LogP contribution in [0.3, 0.4) is 0 Å². The Morgan fingerprint density at radius 3 is 2.58 bits per heavy atom. The average Bonchev–Trinajstić information content (AvgIpc) is 2.80. The molecule has 1 N–H and O–H groups in total. The van der Waals surface area contributed by atoms with Crippen molar-refractivity contribution in [2.75, 3.05) is 19.6 Å². The minimum atomic E-state index is 0.308. The number of halogens is 2. The summed E-state index contributed by atoms with van der Waals surface area (Å²) in [4.78, 5) is 4.37. The van der Waals surface area contributed by atoms with Crippen LogP contribution in [0.5, 0.6) is 11.5 Å². The molecule has 9 heteroatoms. The minimum Gasteiger partial charge on any atom is -0.493 e. The second kappa shape index (κ2) is 11.5. The fourth-order valence-electron chi connectivity index (χ4n) is 3.06. The lowest BCUT2D eigenvalue weighted by molar-refractivity contribution is 0.184. The van der Waals surface area contributed by atoms with Crippen molar-refractivity contribution in [3.05, 3.63) is 80.5 Å². The maximum Gasteiger partial charge on any atom is 0.164 e. The number of aryl methyl sites for hydroxylation is 1. The monoisotopic (exact) mass is 484 g/mol. The summed E-state index contributed by atoms with van der Waals surface area (Å²) in [5.41, 5.74) is 6.39. The van der Waals surface area contributed by atoms with Crippen molar-refractivity contribution in [1.82, 2.24) is 4.98 Å². The molecule has 0 unspecified atom stereocenters. The van der Waals surface area contributed by atoms with E-state index in [0.29, 0.717) is 46.1 Å². The Bertz CT molecular complexity index is 1210. The maximum absolute atomic E-state index is 9.51. The fourth-order valence-corrected chi connectivity index (χ4v) is 3.38. The quantitative estimate of drug-likeness (QED) is 0.307. The van der Waals surface area contributed by atoms with Gasteiger partial charge in [-0.2, -0.15) is 10.4 Å². The number of hydrazone groups is 1. The molecule has 0 aliphatic heterocycles. The van der Waals surface area contributed by atoms with Crippen LogP contribution < -0.4 is 14.9 Å². The van der Waals surface area contributed by atoms with E-state index < -0.39 is 0 Å². The fraction of sp³-hybridized carbons (Fsp3) is 0.208. The summed E-state index contributed by atoms with van der Waals surface area (Å²) in [6, 6.07) is 14.7. The van der Waals surface area contributed by atoms with Crippen molar-refractivity contribution in [3.63, 3.8) is 0 Å². The Labute approximate surface area is 202 Å². The van der Waals surface area contributed by atoms with E-state index in [-0.39, 0.29) is 0 Å². The van der Waals surface area contributed by atoms with Crippen LogP contribution in [0.25, 0.3) is 0 Å². The zero-order valence-corrected chi connectivity index (χ0v) is 19.9. The van der Waals surface area contributed by atoms with Crippen molar-refractivity contribution in [2.45, 2.75) is 20.1 Å². The maximum atomic E-state index is 9.51. The molecule has 0 saturated carbocycles. The number of benzene rings is 2. The number of pyridine rings is 1. The van der Waals surface area contributed by atoms with E-state index in [1.807, 2.05) is 25.1 Å². The molecule has 0 spiro atoms. The molecule has 0 fully saturated rings. The number of nitrogens with zero attached hydrogens (tertiary/aromatic N) is 3. The molecule has 1 heterocycles. The third-order valence-electron chi connectivity index (χ3n) is 4.59. The first-order chi connectivity index (χ1) is 15.9. The van der Waals surface area contributed by atoms with Gasteiger partial charge in [0.1, 0.15) is 18.2 Å². The number of hydrogen-bond acceptors (Lipinski definition) is 7. The summed E-state index contributed by atoms with van der Waals surface area (Å²) in [5, 5.41) is 14.7. The van der Waals surface area contributed by atoms with Crippen LogP contribution in [-0.4, -0.2) is 25.4 Å². The van der Waals surface area contributed by atoms with E-state index in [1.54, 1.807) is 44.7 Å². The number of anilines is 1. The first-order valence-corrected chi connectivity index (χ1v) is 10.6. The Hall–Kier alpha value is -3.31. The molecule has 170 valence electrons. The second-order valence-corrected chi connectivity index (χ2v) is 7.82. The van der Waals surface area contributed by atoms with Crippen LogP contribution in [0.1, 0.15) is 27.9 Å². The Morgan fingerprint density at radius 1 is 1.06 bits per heavy atom. The molecular weight excluding hydrogens is 463 g/mol. The lowest BCUT2D eigenvalue weighted by Gasteiger charge is -2.12. The predicted molar refractivity (Wildman–Crippen MR) is 129 cm³/mol. The summed E-state index contributed by atoms with van der Waals surface area (Å²) in [5.74, 6) is 1.49. The lowest BCUT2D eigenvalue weighted by Crippen LogP contribution is -2.03. The third-order valence-corrected chi connectivity index (χ3v) is 5.33. The van der Waals surface area contributed by atoms with E-state index in [2.05, 4.69) is 21.6 Å². The highest BCUT2D eigenvalue weighted by atomic mass is 35.5. The number of ether oxygens (including phenoxy) is 3. The molecule has 33 heavy (non-hydrogen) atoms. The third kappa shape index (κ3) is 6.36. The zero-order chi connectivity index (χ0) is 23.8. The largest absolute Gasteiger partial charge is 0.493 e. The second-order valence-electron chi connectivity index (χ2n) is 7.01. The molecule has 0 radical (unpaired) electrons. The molecule has 0 aliphatic rings. The highest BCUT2D eigenvalue weighted by molar-refractivity contribution is 6.42. The van der Waals surface area contributed by atoms with E-state index in [0.717, 1.165) is 22.4 Å². The van der Waals surface area contributed by atoms with Gasteiger partial charge in [-0.05, 0) is 54.4 Å². The lowest BCUT2D eigenvalue weighted by atomic mass is 10.1. The topological polar surface area (TPSA) is 88.8 Å². The normalized spacial score (nSPS) is 10.8. The molecule has 0 atom stereocenters.